The number of nitrogens with two attached hydrogens (primary N) is 3. The van der Waals surface area contributed by atoms with E-state index in [-0.39, 0.29) is 22.8 Å². The Bertz CT molecular complexity index is 1250. The van der Waals surface area contributed by atoms with Gasteiger partial charge in [-0.15, -0.1) is 0 Å². The molecule has 7 nitrogen and oxygen atoms in total. The van der Waals surface area contributed by atoms with Gasteiger partial charge in [-0.1, -0.05) is 44.2 Å². The molecule has 7 N–H and O–H groups in total. The maximum atomic E-state index is 14.7. The summed E-state index contributed by atoms with van der Waals surface area (Å²) in [6, 6.07) is 4.66. The number of halogens is 1. The van der Waals surface area contributed by atoms with Crippen LogP contribution in [0.2, 0.25) is 0 Å². The number of nitrogen functional groups attached to an aromatic ring is 1. The lowest BCUT2D eigenvalue weighted by atomic mass is 10.1. The second kappa shape index (κ2) is 11.0. The van der Waals surface area contributed by atoms with Crippen LogP contribution in [0.25, 0.3) is 22.5 Å². The lowest BCUT2D eigenvalue weighted by Gasteiger charge is -2.10. The number of anilines is 1. The first-order valence-electron chi connectivity index (χ1n) is 10.6. The van der Waals surface area contributed by atoms with Crippen molar-refractivity contribution in [2.45, 2.75) is 34.1 Å². The minimum Gasteiger partial charge on any atom is -0.493 e. The molecule has 0 bridgehead atoms. The molecule has 8 heteroatoms. The summed E-state index contributed by atoms with van der Waals surface area (Å²) in [6.07, 6.45) is 8.39. The molecular formula is C25H31FN6O. The zero-order valence-electron chi connectivity index (χ0n) is 19.4. The van der Waals surface area contributed by atoms with Crippen molar-refractivity contribution < 1.29 is 9.50 Å². The van der Waals surface area contributed by atoms with Gasteiger partial charge in [-0.2, -0.15) is 0 Å². The van der Waals surface area contributed by atoms with Gasteiger partial charge in [0.2, 0.25) is 5.88 Å². The molecule has 1 aromatic carbocycles. The molecule has 0 saturated heterocycles. The van der Waals surface area contributed by atoms with E-state index >= 15 is 0 Å². The summed E-state index contributed by atoms with van der Waals surface area (Å²) in [4.78, 5) is 9.17. The molecule has 2 aromatic heterocycles. The third kappa shape index (κ3) is 5.41. The van der Waals surface area contributed by atoms with Gasteiger partial charge in [0.25, 0.3) is 0 Å². The normalized spacial score (nSPS) is 12.5. The van der Waals surface area contributed by atoms with Crippen LogP contribution in [-0.4, -0.2) is 19.5 Å². The molecule has 0 spiro atoms. The summed E-state index contributed by atoms with van der Waals surface area (Å²) in [5.41, 5.74) is 20.9. The molecule has 0 aliphatic carbocycles. The van der Waals surface area contributed by atoms with Crippen molar-refractivity contribution in [1.82, 2.24) is 14.4 Å². The molecule has 0 aliphatic rings. The molecule has 0 amide bonds. The third-order valence-corrected chi connectivity index (χ3v) is 4.64. The highest BCUT2D eigenvalue weighted by Gasteiger charge is 2.20. The van der Waals surface area contributed by atoms with E-state index in [0.717, 1.165) is 5.57 Å². The van der Waals surface area contributed by atoms with Gasteiger partial charge < -0.3 is 22.3 Å². The highest BCUT2D eigenvalue weighted by atomic mass is 19.1. The number of imidazole rings is 1. The first-order chi connectivity index (χ1) is 15.8. The lowest BCUT2D eigenvalue weighted by Crippen LogP contribution is -2.03. The zero-order chi connectivity index (χ0) is 24.7. The van der Waals surface area contributed by atoms with E-state index in [0.29, 0.717) is 34.7 Å². The number of allylic oxidation sites excluding steroid dienone is 6. The SMILES string of the molecule is C=C/C=C(\C)Cc1nc2c(C(/C=C(/C)N)=C/N)nc(-c3cccc(N)c3F)cn2c1O.CC. The van der Waals surface area contributed by atoms with Gasteiger partial charge in [-0.3, -0.25) is 4.40 Å². The molecule has 0 atom stereocenters. The second-order valence-electron chi connectivity index (χ2n) is 7.20. The van der Waals surface area contributed by atoms with E-state index in [1.54, 1.807) is 31.2 Å². The number of hydrogen-bond donors (Lipinski definition) is 4. The Morgan fingerprint density at radius 2 is 1.94 bits per heavy atom. The molecule has 3 rings (SSSR count). The Morgan fingerprint density at radius 1 is 1.24 bits per heavy atom. The number of nitrogens with zero attached hydrogens (tertiary/aromatic N) is 3. The van der Waals surface area contributed by atoms with Crippen LogP contribution in [0.15, 0.2) is 66.7 Å². The quantitative estimate of drug-likeness (QED) is 0.319. The van der Waals surface area contributed by atoms with Crippen LogP contribution in [0, 0.1) is 5.82 Å². The van der Waals surface area contributed by atoms with E-state index in [1.807, 2.05) is 26.8 Å². The molecular weight excluding hydrogens is 419 g/mol. The number of fused-ring (bicyclic) bond motifs is 1. The van der Waals surface area contributed by atoms with Crippen molar-refractivity contribution in [1.29, 1.82) is 0 Å². The molecule has 3 aromatic rings. The molecule has 0 saturated carbocycles. The third-order valence-electron chi connectivity index (χ3n) is 4.64. The van der Waals surface area contributed by atoms with Crippen LogP contribution >= 0.6 is 0 Å². The number of rotatable bonds is 6. The predicted octanol–water partition coefficient (Wildman–Crippen LogP) is 4.69. The summed E-state index contributed by atoms with van der Waals surface area (Å²) in [6.45, 7) is 11.3. The number of hydrogen-bond acceptors (Lipinski definition) is 6. The minimum atomic E-state index is -0.603. The van der Waals surface area contributed by atoms with Crippen molar-refractivity contribution in [3.05, 3.63) is 83.9 Å². The molecule has 2 heterocycles. The summed E-state index contributed by atoms with van der Waals surface area (Å²) in [5, 5.41) is 10.9. The van der Waals surface area contributed by atoms with Crippen LogP contribution in [0.3, 0.4) is 0 Å². The van der Waals surface area contributed by atoms with Gasteiger partial charge in [0.05, 0.1) is 11.4 Å². The Labute approximate surface area is 193 Å². The lowest BCUT2D eigenvalue weighted by molar-refractivity contribution is 0.442. The fourth-order valence-corrected chi connectivity index (χ4v) is 3.24. The fourth-order valence-electron chi connectivity index (χ4n) is 3.24. The molecule has 174 valence electrons. The van der Waals surface area contributed by atoms with Gasteiger partial charge in [-0.05, 0) is 32.1 Å². The standard InChI is InChI=1S/C23H25FN6O.C2H6/c1-4-6-13(2)9-18-23(31)30-12-19(16-7-5-8-17(27)20(16)24)28-21(22(30)29-18)15(11-25)10-14(3)26;1-2/h4-8,10-12,31H,1,9,25-27H2,2-3H3;1-2H3/b13-6+,14-10-,15-11+;. The van der Waals surface area contributed by atoms with E-state index in [1.165, 1.54) is 22.9 Å². The largest absolute Gasteiger partial charge is 0.493 e. The maximum absolute atomic E-state index is 14.7. The molecule has 0 fully saturated rings. The van der Waals surface area contributed by atoms with E-state index in [9.17, 15) is 9.50 Å². The first kappa shape index (κ1) is 25.2. The van der Waals surface area contributed by atoms with Crippen LogP contribution in [0.5, 0.6) is 5.88 Å². The maximum Gasteiger partial charge on any atom is 0.219 e. The summed E-state index contributed by atoms with van der Waals surface area (Å²) in [7, 11) is 0. The van der Waals surface area contributed by atoms with E-state index in [4.69, 9.17) is 17.2 Å². The van der Waals surface area contributed by atoms with Gasteiger partial charge in [0.1, 0.15) is 11.4 Å². The Kier molecular flexibility index (Phi) is 8.39. The number of aromatic hydroxyl groups is 1. The number of benzene rings is 1. The summed E-state index contributed by atoms with van der Waals surface area (Å²) in [5.74, 6) is -0.681. The van der Waals surface area contributed by atoms with Gasteiger partial charge in [-0.25, -0.2) is 14.4 Å². The molecule has 0 radical (unpaired) electrons. The Morgan fingerprint density at radius 3 is 2.55 bits per heavy atom. The first-order valence-corrected chi connectivity index (χ1v) is 10.6. The fraction of sp³-hybridized carbons (Fsp3) is 0.200. The Hall–Kier alpha value is -4.07. The molecule has 33 heavy (non-hydrogen) atoms. The molecule has 0 unspecified atom stereocenters. The average Bonchev–Trinajstić information content (AvgIpc) is 3.10. The average molecular weight is 451 g/mol. The van der Waals surface area contributed by atoms with Gasteiger partial charge in [0.15, 0.2) is 11.5 Å². The molecule has 0 aliphatic heterocycles. The van der Waals surface area contributed by atoms with Crippen LogP contribution in [0.4, 0.5) is 10.1 Å². The van der Waals surface area contributed by atoms with Crippen LogP contribution in [-0.2, 0) is 6.42 Å². The summed E-state index contributed by atoms with van der Waals surface area (Å²) >= 11 is 0. The van der Waals surface area contributed by atoms with Crippen LogP contribution < -0.4 is 17.2 Å². The van der Waals surface area contributed by atoms with Gasteiger partial charge in [0, 0.05) is 35.7 Å². The van der Waals surface area contributed by atoms with E-state index in [2.05, 4.69) is 16.5 Å². The van der Waals surface area contributed by atoms with Crippen molar-refractivity contribution in [2.24, 2.45) is 11.5 Å². The zero-order valence-corrected chi connectivity index (χ0v) is 19.4. The van der Waals surface area contributed by atoms with Crippen molar-refractivity contribution in [2.75, 3.05) is 5.73 Å². The van der Waals surface area contributed by atoms with Crippen molar-refractivity contribution in [3.63, 3.8) is 0 Å². The predicted molar refractivity (Wildman–Crippen MR) is 134 cm³/mol. The van der Waals surface area contributed by atoms with Gasteiger partial charge >= 0.3 is 0 Å². The van der Waals surface area contributed by atoms with E-state index < -0.39 is 5.82 Å². The minimum absolute atomic E-state index is 0.00559. The van der Waals surface area contributed by atoms with Crippen LogP contribution in [0.1, 0.15) is 39.1 Å². The monoisotopic (exact) mass is 450 g/mol. The topological polar surface area (TPSA) is 128 Å². The smallest absolute Gasteiger partial charge is 0.219 e. The summed E-state index contributed by atoms with van der Waals surface area (Å²) < 4.78 is 16.2. The van der Waals surface area contributed by atoms with Crippen molar-refractivity contribution >= 4 is 16.9 Å². The second-order valence-corrected chi connectivity index (χ2v) is 7.20. The van der Waals surface area contributed by atoms with Crippen molar-refractivity contribution in [3.8, 4) is 17.1 Å². The highest BCUT2D eigenvalue weighted by Crippen LogP contribution is 2.32. The Balaban J connectivity index is 0.00000187. The number of aromatic nitrogens is 3. The highest BCUT2D eigenvalue weighted by molar-refractivity contribution is 5.82.